The predicted molar refractivity (Wildman–Crippen MR) is 106 cm³/mol. The third kappa shape index (κ3) is 3.10. The number of anilines is 1. The van der Waals surface area contributed by atoms with Gasteiger partial charge >= 0.3 is 6.09 Å². The molecule has 2 fully saturated rings. The highest BCUT2D eigenvalue weighted by atomic mass is 127. The molecule has 1 amide bonds. The lowest BCUT2D eigenvalue weighted by Gasteiger charge is -2.25. The Balaban J connectivity index is 1.49. The van der Waals surface area contributed by atoms with Crippen LogP contribution in [0.4, 0.5) is 10.6 Å². The highest BCUT2D eigenvalue weighted by molar-refractivity contribution is 14.1. The van der Waals surface area contributed by atoms with Gasteiger partial charge in [-0.1, -0.05) is 0 Å². The van der Waals surface area contributed by atoms with Gasteiger partial charge in [0.25, 0.3) is 0 Å². The first-order valence-electron chi connectivity index (χ1n) is 8.85. The maximum Gasteiger partial charge on any atom is 0.410 e. The fourth-order valence-corrected chi connectivity index (χ4v) is 4.90. The number of hydrogen-bond acceptors (Lipinski definition) is 6. The number of nitrogens with zero attached hydrogens (tertiary/aromatic N) is 5. The van der Waals surface area contributed by atoms with Crippen LogP contribution in [0.15, 0.2) is 6.33 Å². The highest BCUT2D eigenvalue weighted by Crippen LogP contribution is 2.45. The van der Waals surface area contributed by atoms with Crippen LogP contribution in [-0.2, 0) is 4.74 Å². The van der Waals surface area contributed by atoms with E-state index in [9.17, 15) is 4.79 Å². The van der Waals surface area contributed by atoms with Crippen LogP contribution in [0.25, 0.3) is 11.0 Å². The molecule has 0 radical (unpaired) electrons. The van der Waals surface area contributed by atoms with E-state index < -0.39 is 5.60 Å². The number of carbonyl (C=O) groups excluding carboxylic acids is 1. The van der Waals surface area contributed by atoms with Crippen molar-refractivity contribution in [3.8, 4) is 0 Å². The van der Waals surface area contributed by atoms with Crippen LogP contribution in [0.1, 0.15) is 39.7 Å². The lowest BCUT2D eigenvalue weighted by molar-refractivity contribution is 0.0278. The molecule has 140 valence electrons. The summed E-state index contributed by atoms with van der Waals surface area (Å²) >= 11 is 2.19. The van der Waals surface area contributed by atoms with Crippen molar-refractivity contribution in [1.29, 1.82) is 0 Å². The molecular weight excluding hydrogens is 447 g/mol. The van der Waals surface area contributed by atoms with Gasteiger partial charge in [-0.25, -0.2) is 19.4 Å². The van der Waals surface area contributed by atoms with Crippen molar-refractivity contribution < 1.29 is 9.53 Å². The van der Waals surface area contributed by atoms with Gasteiger partial charge in [0.2, 0.25) is 0 Å². The van der Waals surface area contributed by atoms with Gasteiger partial charge in [-0.3, -0.25) is 0 Å². The second-order valence-corrected chi connectivity index (χ2v) is 9.25. The smallest absolute Gasteiger partial charge is 0.410 e. The number of fused-ring (bicyclic) bond motifs is 2. The molecule has 2 aliphatic rings. The molecule has 0 aromatic carbocycles. The van der Waals surface area contributed by atoms with E-state index in [1.807, 2.05) is 30.4 Å². The Morgan fingerprint density at radius 2 is 1.92 bits per heavy atom. The molecule has 0 bridgehead atoms. The van der Waals surface area contributed by atoms with E-state index in [1.54, 1.807) is 0 Å². The average Bonchev–Trinajstić information content (AvgIpc) is 3.17. The van der Waals surface area contributed by atoms with E-state index in [-0.39, 0.29) is 12.1 Å². The molecule has 2 N–H and O–H groups in total. The zero-order valence-corrected chi connectivity index (χ0v) is 17.3. The van der Waals surface area contributed by atoms with Crippen molar-refractivity contribution in [2.45, 2.75) is 45.3 Å². The van der Waals surface area contributed by atoms with E-state index in [0.717, 1.165) is 40.7 Å². The summed E-state index contributed by atoms with van der Waals surface area (Å²) in [6.45, 7) is 7.20. The lowest BCUT2D eigenvalue weighted by atomic mass is 10.0. The third-order valence-electron chi connectivity index (χ3n) is 5.20. The first-order valence-corrected chi connectivity index (χ1v) is 9.93. The summed E-state index contributed by atoms with van der Waals surface area (Å²) < 4.78 is 8.35. The number of aromatic nitrogens is 4. The Hall–Kier alpha value is -1.65. The van der Waals surface area contributed by atoms with Gasteiger partial charge in [0, 0.05) is 13.1 Å². The van der Waals surface area contributed by atoms with Crippen LogP contribution in [-0.4, -0.2) is 49.4 Å². The number of hydrogen-bond donors (Lipinski definition) is 1. The predicted octanol–water partition coefficient (Wildman–Crippen LogP) is 2.83. The van der Waals surface area contributed by atoms with Crippen LogP contribution >= 0.6 is 22.6 Å². The Bertz CT molecular complexity index is 847. The topological polar surface area (TPSA) is 99.2 Å². The molecular formula is C17H23IN6O2. The molecule has 0 spiro atoms. The number of halogens is 1. The molecule has 9 heteroatoms. The molecule has 8 nitrogen and oxygen atoms in total. The molecule has 1 saturated heterocycles. The number of nitrogens with two attached hydrogens (primary N) is 1. The molecule has 2 aromatic rings. The van der Waals surface area contributed by atoms with Crippen LogP contribution in [0, 0.1) is 15.5 Å². The number of carbonyl (C=O) groups is 1. The van der Waals surface area contributed by atoms with Crippen molar-refractivity contribution in [3.63, 3.8) is 0 Å². The summed E-state index contributed by atoms with van der Waals surface area (Å²) in [7, 11) is 0. The molecule has 26 heavy (non-hydrogen) atoms. The van der Waals surface area contributed by atoms with E-state index in [0.29, 0.717) is 17.7 Å². The molecule has 2 atom stereocenters. The van der Waals surface area contributed by atoms with E-state index in [4.69, 9.17) is 10.5 Å². The van der Waals surface area contributed by atoms with Gasteiger partial charge in [0.05, 0.1) is 11.4 Å². The fraction of sp³-hybridized carbons (Fsp3) is 0.647. The minimum atomic E-state index is -0.457. The Morgan fingerprint density at radius 3 is 2.54 bits per heavy atom. The molecule has 1 aliphatic heterocycles. The van der Waals surface area contributed by atoms with Gasteiger partial charge in [-0.2, -0.15) is 5.10 Å². The number of rotatable bonds is 1. The largest absolute Gasteiger partial charge is 0.444 e. The van der Waals surface area contributed by atoms with Gasteiger partial charge in [-0.15, -0.1) is 0 Å². The van der Waals surface area contributed by atoms with Crippen molar-refractivity contribution >= 4 is 45.5 Å². The Kier molecular flexibility index (Phi) is 4.24. The molecule has 2 aromatic heterocycles. The zero-order chi connectivity index (χ0) is 18.6. The minimum Gasteiger partial charge on any atom is -0.444 e. The lowest BCUT2D eigenvalue weighted by Crippen LogP contribution is -2.36. The summed E-state index contributed by atoms with van der Waals surface area (Å²) in [5, 5.41) is 5.51. The summed E-state index contributed by atoms with van der Waals surface area (Å²) in [6, 6.07) is 0.283. The fourth-order valence-electron chi connectivity index (χ4n) is 4.15. The van der Waals surface area contributed by atoms with Gasteiger partial charge in [0.15, 0.2) is 5.65 Å². The third-order valence-corrected chi connectivity index (χ3v) is 5.95. The Labute approximate surface area is 165 Å². The monoisotopic (exact) mass is 470 g/mol. The van der Waals surface area contributed by atoms with Gasteiger partial charge in [0.1, 0.15) is 21.4 Å². The first kappa shape index (κ1) is 17.7. The normalized spacial score (nSPS) is 25.7. The maximum absolute atomic E-state index is 12.3. The molecule has 2 unspecified atom stereocenters. The maximum atomic E-state index is 12.3. The summed E-state index contributed by atoms with van der Waals surface area (Å²) in [4.78, 5) is 22.6. The van der Waals surface area contributed by atoms with Gasteiger partial charge in [-0.05, 0) is 68.0 Å². The Morgan fingerprint density at radius 1 is 1.27 bits per heavy atom. The van der Waals surface area contributed by atoms with Crippen LogP contribution in [0.2, 0.25) is 0 Å². The van der Waals surface area contributed by atoms with E-state index in [1.165, 1.54) is 6.33 Å². The quantitative estimate of drug-likeness (QED) is 0.644. The average molecular weight is 470 g/mol. The molecule has 1 aliphatic carbocycles. The first-order chi connectivity index (χ1) is 12.2. The summed E-state index contributed by atoms with van der Waals surface area (Å²) in [6.07, 6.45) is 3.26. The number of amides is 1. The van der Waals surface area contributed by atoms with Crippen LogP contribution in [0.3, 0.4) is 0 Å². The minimum absolute atomic E-state index is 0.206. The van der Waals surface area contributed by atoms with Crippen molar-refractivity contribution in [1.82, 2.24) is 24.6 Å². The second-order valence-electron chi connectivity index (χ2n) is 8.22. The van der Waals surface area contributed by atoms with E-state index in [2.05, 4.69) is 37.7 Å². The highest BCUT2D eigenvalue weighted by Gasteiger charge is 2.44. The number of ether oxygens (including phenoxy) is 1. The summed E-state index contributed by atoms with van der Waals surface area (Å²) in [5.41, 5.74) is 6.34. The van der Waals surface area contributed by atoms with Gasteiger partial charge < -0.3 is 15.4 Å². The van der Waals surface area contributed by atoms with Crippen LogP contribution in [0.5, 0.6) is 0 Å². The molecule has 1 saturated carbocycles. The SMILES string of the molecule is CC(C)(C)OC(=O)N1CC2CC(n3nc(I)c4c(N)ncnc43)CC2C1. The van der Waals surface area contributed by atoms with Crippen molar-refractivity contribution in [3.05, 3.63) is 10.0 Å². The number of nitrogen functional groups attached to an aromatic ring is 1. The van der Waals surface area contributed by atoms with Crippen LogP contribution < -0.4 is 5.73 Å². The standard InChI is InChI=1S/C17H23IN6O2/c1-17(2,3)26-16(25)23-6-9-4-11(5-10(9)7-23)24-15-12(13(18)22-24)14(19)20-8-21-15/h8-11H,4-7H2,1-3H3,(H2,19,20,21). The zero-order valence-electron chi connectivity index (χ0n) is 15.1. The summed E-state index contributed by atoms with van der Waals surface area (Å²) in [5.74, 6) is 1.42. The molecule has 4 rings (SSSR count). The second kappa shape index (κ2) is 6.21. The van der Waals surface area contributed by atoms with E-state index >= 15 is 0 Å². The molecule has 3 heterocycles. The van der Waals surface area contributed by atoms with Crippen molar-refractivity contribution in [2.75, 3.05) is 18.8 Å². The number of likely N-dealkylation sites (tertiary alicyclic amines) is 1. The van der Waals surface area contributed by atoms with Crippen molar-refractivity contribution in [2.24, 2.45) is 11.8 Å².